The first-order chi connectivity index (χ1) is 13.7. The molecule has 0 spiro atoms. The lowest BCUT2D eigenvalue weighted by molar-refractivity contribution is -0.0444. The standard InChI is InChI=1S/C20H24N2O2.H2O4S.2H2O/c1-3-13-12-22-9-7-14(13)10-19(22)20(23)16-6-8-21-18-5-4-15(24-2)11-17(16)18;1-5(2,3)4;;/h3-6,8,11,13-14,19-20,23H,1,7,9-10,12H2,2H3;(H2,1,2,3,4);2*1H2. The summed E-state index contributed by atoms with van der Waals surface area (Å²) >= 11 is 0. The molecule has 0 amide bonds. The summed E-state index contributed by atoms with van der Waals surface area (Å²) in [6.45, 7) is 6.07. The number of piperidine rings is 3. The van der Waals surface area contributed by atoms with E-state index in [-0.39, 0.29) is 17.0 Å². The van der Waals surface area contributed by atoms with Crippen molar-refractivity contribution in [2.24, 2.45) is 11.8 Å². The maximum Gasteiger partial charge on any atom is 0.394 e. The molecule has 2 aromatic rings. The summed E-state index contributed by atoms with van der Waals surface area (Å²) in [6.07, 6.45) is 5.62. The molecule has 174 valence electrons. The summed E-state index contributed by atoms with van der Waals surface area (Å²) in [5.41, 5.74) is 1.85. The van der Waals surface area contributed by atoms with Crippen molar-refractivity contribution in [1.82, 2.24) is 9.88 Å². The quantitative estimate of drug-likeness (QED) is 0.445. The van der Waals surface area contributed by atoms with Crippen LogP contribution in [0.5, 0.6) is 5.75 Å². The van der Waals surface area contributed by atoms with Crippen molar-refractivity contribution in [2.75, 3.05) is 20.2 Å². The third kappa shape index (κ3) is 6.43. The van der Waals surface area contributed by atoms with Gasteiger partial charge in [-0.15, -0.1) is 6.58 Å². The van der Waals surface area contributed by atoms with E-state index >= 15 is 0 Å². The predicted octanol–water partition coefficient (Wildman–Crippen LogP) is 0.871. The molecule has 5 unspecified atom stereocenters. The number of hydrogen-bond acceptors (Lipinski definition) is 6. The molecular formula is C20H30N2O8S. The number of aliphatic hydroxyl groups is 1. The van der Waals surface area contributed by atoms with Crippen LogP contribution in [0.4, 0.5) is 0 Å². The molecule has 7 N–H and O–H groups in total. The molecule has 3 fully saturated rings. The number of benzene rings is 1. The van der Waals surface area contributed by atoms with E-state index in [1.165, 1.54) is 6.42 Å². The Bertz CT molecular complexity index is 976. The minimum Gasteiger partial charge on any atom is -0.497 e. The topological polar surface area (TPSA) is 183 Å². The van der Waals surface area contributed by atoms with Crippen molar-refractivity contribution < 1.29 is 38.3 Å². The highest BCUT2D eigenvalue weighted by atomic mass is 32.3. The Balaban J connectivity index is 0.000000622. The molecule has 0 aliphatic carbocycles. The molecule has 1 aromatic heterocycles. The molecule has 0 saturated carbocycles. The van der Waals surface area contributed by atoms with Crippen molar-refractivity contribution in [2.45, 2.75) is 25.0 Å². The van der Waals surface area contributed by atoms with E-state index in [4.69, 9.17) is 22.3 Å². The van der Waals surface area contributed by atoms with Gasteiger partial charge in [-0.3, -0.25) is 19.0 Å². The summed E-state index contributed by atoms with van der Waals surface area (Å²) in [5.74, 6) is 2.01. The Hall–Kier alpha value is -2.12. The molecule has 1 aromatic carbocycles. The molecule has 3 aliphatic rings. The zero-order valence-corrected chi connectivity index (χ0v) is 18.0. The Kier molecular flexibility index (Phi) is 9.51. The Morgan fingerprint density at radius 1 is 1.29 bits per heavy atom. The number of fused-ring (bicyclic) bond motifs is 4. The molecule has 5 rings (SSSR count). The van der Waals surface area contributed by atoms with E-state index in [1.54, 1.807) is 13.3 Å². The zero-order chi connectivity index (χ0) is 21.2. The molecule has 5 atom stereocenters. The minimum atomic E-state index is -4.67. The van der Waals surface area contributed by atoms with Gasteiger partial charge in [0.15, 0.2) is 0 Å². The summed E-state index contributed by atoms with van der Waals surface area (Å²) in [6, 6.07) is 7.96. The van der Waals surface area contributed by atoms with Gasteiger partial charge in [-0.05, 0) is 61.1 Å². The minimum absolute atomic E-state index is 0. The van der Waals surface area contributed by atoms with E-state index in [2.05, 4.69) is 22.5 Å². The fourth-order valence-corrected chi connectivity index (χ4v) is 4.44. The van der Waals surface area contributed by atoms with Crippen molar-refractivity contribution in [3.8, 4) is 5.75 Å². The van der Waals surface area contributed by atoms with Gasteiger partial charge in [0.1, 0.15) is 5.75 Å². The van der Waals surface area contributed by atoms with Crippen LogP contribution in [-0.2, 0) is 10.4 Å². The van der Waals surface area contributed by atoms with Gasteiger partial charge in [0.2, 0.25) is 0 Å². The smallest absolute Gasteiger partial charge is 0.394 e. The number of methoxy groups -OCH3 is 1. The van der Waals surface area contributed by atoms with Crippen LogP contribution in [0.15, 0.2) is 43.1 Å². The largest absolute Gasteiger partial charge is 0.497 e. The Morgan fingerprint density at radius 3 is 2.52 bits per heavy atom. The summed E-state index contributed by atoms with van der Waals surface area (Å²) in [7, 11) is -3.01. The van der Waals surface area contributed by atoms with Crippen molar-refractivity contribution in [1.29, 1.82) is 0 Å². The first kappa shape index (κ1) is 26.9. The number of nitrogens with zero attached hydrogens (tertiary/aromatic N) is 2. The highest BCUT2D eigenvalue weighted by Crippen LogP contribution is 2.42. The second-order valence-corrected chi connectivity index (χ2v) is 8.32. The number of rotatable bonds is 4. The van der Waals surface area contributed by atoms with Gasteiger partial charge in [0, 0.05) is 24.2 Å². The molecular weight excluding hydrogens is 428 g/mol. The van der Waals surface area contributed by atoms with Crippen molar-refractivity contribution >= 4 is 21.3 Å². The van der Waals surface area contributed by atoms with E-state index in [0.717, 1.165) is 41.7 Å². The molecule has 2 bridgehead atoms. The van der Waals surface area contributed by atoms with Gasteiger partial charge in [0.25, 0.3) is 0 Å². The second-order valence-electron chi connectivity index (χ2n) is 7.42. The normalized spacial score (nSPS) is 25.3. The third-order valence-corrected chi connectivity index (χ3v) is 5.82. The number of aliphatic hydroxyl groups excluding tert-OH is 1. The molecule has 4 heterocycles. The molecule has 0 radical (unpaired) electrons. The van der Waals surface area contributed by atoms with Gasteiger partial charge < -0.3 is 20.8 Å². The fourth-order valence-electron chi connectivity index (χ4n) is 4.44. The lowest BCUT2D eigenvalue weighted by atomic mass is 9.73. The number of aromatic nitrogens is 1. The highest BCUT2D eigenvalue weighted by Gasteiger charge is 2.42. The van der Waals surface area contributed by atoms with Crippen LogP contribution in [-0.4, -0.2) is 69.7 Å². The maximum absolute atomic E-state index is 11.2. The van der Waals surface area contributed by atoms with Crippen LogP contribution in [0.25, 0.3) is 10.9 Å². The summed E-state index contributed by atoms with van der Waals surface area (Å²) < 4.78 is 36.9. The van der Waals surface area contributed by atoms with E-state index in [9.17, 15) is 5.11 Å². The van der Waals surface area contributed by atoms with E-state index < -0.39 is 16.5 Å². The Morgan fingerprint density at radius 2 is 1.97 bits per heavy atom. The number of pyridine rings is 1. The van der Waals surface area contributed by atoms with Crippen LogP contribution in [0.3, 0.4) is 0 Å². The predicted molar refractivity (Wildman–Crippen MR) is 116 cm³/mol. The van der Waals surface area contributed by atoms with Crippen LogP contribution >= 0.6 is 0 Å². The van der Waals surface area contributed by atoms with Gasteiger partial charge >= 0.3 is 10.4 Å². The fraction of sp³-hybridized carbons (Fsp3) is 0.450. The molecule has 31 heavy (non-hydrogen) atoms. The number of hydrogen-bond donors (Lipinski definition) is 3. The SMILES string of the molecule is C=CC1CN2CCC1CC2C(O)c1ccnc2ccc(OC)cc12.O.O.O=S(=O)(O)O. The van der Waals surface area contributed by atoms with Gasteiger partial charge in [0.05, 0.1) is 18.7 Å². The molecule has 10 nitrogen and oxygen atoms in total. The van der Waals surface area contributed by atoms with Crippen LogP contribution in [0.2, 0.25) is 0 Å². The lowest BCUT2D eigenvalue weighted by Gasteiger charge is -2.50. The number of ether oxygens (including phenoxy) is 1. The van der Waals surface area contributed by atoms with Gasteiger partial charge in [-0.25, -0.2) is 0 Å². The molecule has 11 heteroatoms. The van der Waals surface area contributed by atoms with Crippen LogP contribution in [0, 0.1) is 11.8 Å². The average molecular weight is 459 g/mol. The van der Waals surface area contributed by atoms with Crippen molar-refractivity contribution in [3.63, 3.8) is 0 Å². The first-order valence-electron chi connectivity index (χ1n) is 9.38. The van der Waals surface area contributed by atoms with Crippen molar-refractivity contribution in [3.05, 3.63) is 48.7 Å². The summed E-state index contributed by atoms with van der Waals surface area (Å²) in [4.78, 5) is 6.86. The van der Waals surface area contributed by atoms with Gasteiger partial charge in [-0.2, -0.15) is 8.42 Å². The molecule has 3 saturated heterocycles. The lowest BCUT2D eigenvalue weighted by Crippen LogP contribution is -2.54. The Labute approximate surface area is 181 Å². The monoisotopic (exact) mass is 458 g/mol. The maximum atomic E-state index is 11.2. The zero-order valence-electron chi connectivity index (χ0n) is 17.2. The van der Waals surface area contributed by atoms with E-state index in [1.807, 2.05) is 24.3 Å². The average Bonchev–Trinajstić information content (AvgIpc) is 2.71. The third-order valence-electron chi connectivity index (χ3n) is 5.82. The molecule has 3 aliphatic heterocycles. The van der Waals surface area contributed by atoms with Crippen LogP contribution in [0.1, 0.15) is 24.5 Å². The second kappa shape index (κ2) is 11.0. The van der Waals surface area contributed by atoms with Crippen LogP contribution < -0.4 is 4.74 Å². The van der Waals surface area contributed by atoms with E-state index in [0.29, 0.717) is 11.8 Å². The van der Waals surface area contributed by atoms with Gasteiger partial charge in [-0.1, -0.05) is 6.08 Å². The first-order valence-corrected chi connectivity index (χ1v) is 10.8. The highest BCUT2D eigenvalue weighted by molar-refractivity contribution is 7.79. The summed E-state index contributed by atoms with van der Waals surface area (Å²) in [5, 5.41) is 12.1.